The van der Waals surface area contributed by atoms with E-state index in [1.807, 2.05) is 13.8 Å². The predicted molar refractivity (Wildman–Crippen MR) is 48.2 cm³/mol. The van der Waals surface area contributed by atoms with Crippen molar-refractivity contribution >= 4 is 0 Å². The van der Waals surface area contributed by atoms with Gasteiger partial charge in [-0.1, -0.05) is 59.3 Å². The van der Waals surface area contributed by atoms with Crippen LogP contribution in [0.25, 0.3) is 0 Å². The number of hydrogen-bond acceptors (Lipinski definition) is 0. The Balaban J connectivity index is 0.000000371. The average molecular weight is 142 g/mol. The van der Waals surface area contributed by atoms with E-state index in [2.05, 4.69) is 6.92 Å². The van der Waals surface area contributed by atoms with Crippen LogP contribution in [0.3, 0.4) is 0 Å². The highest BCUT2D eigenvalue weighted by atomic mass is 14.2. The number of hydrogen-bond donors (Lipinski definition) is 0. The maximum atomic E-state index is 2.27. The maximum absolute atomic E-state index is 2.27. The molecule has 0 N–H and O–H groups in total. The second-order valence-corrected chi connectivity index (χ2v) is 2.94. The minimum atomic E-state index is 1.15. The normalized spacial score (nSPS) is 15.9. The number of unbranched alkanes of at least 4 members (excludes halogenated alkanes) is 2. The molecule has 1 saturated carbocycles. The summed E-state index contributed by atoms with van der Waals surface area (Å²) >= 11 is 0. The second kappa shape index (κ2) is 7.11. The molecule has 0 amide bonds. The first-order chi connectivity index (χ1) is 4.93. The van der Waals surface area contributed by atoms with Gasteiger partial charge in [-0.25, -0.2) is 0 Å². The Labute approximate surface area is 66.0 Å². The van der Waals surface area contributed by atoms with Crippen LogP contribution in [-0.4, -0.2) is 0 Å². The van der Waals surface area contributed by atoms with E-state index in [0.717, 1.165) is 5.92 Å². The molecule has 0 radical (unpaired) electrons. The molecule has 0 atom stereocenters. The third-order valence-electron chi connectivity index (χ3n) is 1.91. The minimum absolute atomic E-state index is 1.15. The molecule has 0 aliphatic heterocycles. The van der Waals surface area contributed by atoms with Crippen LogP contribution < -0.4 is 0 Å². The first kappa shape index (κ1) is 10.0. The summed E-state index contributed by atoms with van der Waals surface area (Å²) in [5.74, 6) is 1.15. The predicted octanol–water partition coefficient (Wildman–Crippen LogP) is 4.00. The highest BCUT2D eigenvalue weighted by Gasteiger charge is 2.19. The Kier molecular flexibility index (Phi) is 7.11. The standard InChI is InChI=1S/C8H16.C2H6/c1-2-3-4-5-8-6-7-8;1-2/h8H,2-7H2,1H3;1-2H3. The van der Waals surface area contributed by atoms with Gasteiger partial charge in [0.15, 0.2) is 0 Å². The summed E-state index contributed by atoms with van der Waals surface area (Å²) in [6.07, 6.45) is 8.91. The molecule has 0 bridgehead atoms. The van der Waals surface area contributed by atoms with Crippen molar-refractivity contribution in [3.8, 4) is 0 Å². The van der Waals surface area contributed by atoms with E-state index in [9.17, 15) is 0 Å². The van der Waals surface area contributed by atoms with Gasteiger partial charge in [0.05, 0.1) is 0 Å². The summed E-state index contributed by atoms with van der Waals surface area (Å²) < 4.78 is 0. The molecule has 62 valence electrons. The van der Waals surface area contributed by atoms with Crippen LogP contribution in [0.15, 0.2) is 0 Å². The molecule has 1 fully saturated rings. The summed E-state index contributed by atoms with van der Waals surface area (Å²) in [7, 11) is 0. The highest BCUT2D eigenvalue weighted by Crippen LogP contribution is 2.33. The van der Waals surface area contributed by atoms with Crippen LogP contribution in [0, 0.1) is 5.92 Å². The zero-order valence-electron chi connectivity index (χ0n) is 7.82. The topological polar surface area (TPSA) is 0 Å². The Morgan fingerprint density at radius 1 is 1.10 bits per heavy atom. The molecule has 1 rings (SSSR count). The summed E-state index contributed by atoms with van der Waals surface area (Å²) in [5.41, 5.74) is 0. The molecule has 0 saturated heterocycles. The summed E-state index contributed by atoms with van der Waals surface area (Å²) in [6.45, 7) is 6.27. The first-order valence-electron chi connectivity index (χ1n) is 4.93. The van der Waals surface area contributed by atoms with Gasteiger partial charge in [-0.15, -0.1) is 0 Å². The van der Waals surface area contributed by atoms with Crippen LogP contribution >= 0.6 is 0 Å². The van der Waals surface area contributed by atoms with Gasteiger partial charge >= 0.3 is 0 Å². The van der Waals surface area contributed by atoms with Crippen molar-refractivity contribution in [1.29, 1.82) is 0 Å². The lowest BCUT2D eigenvalue weighted by molar-refractivity contribution is 0.620. The van der Waals surface area contributed by atoms with E-state index in [0.29, 0.717) is 0 Å². The lowest BCUT2D eigenvalue weighted by atomic mass is 10.1. The molecule has 0 aromatic heterocycles. The summed E-state index contributed by atoms with van der Waals surface area (Å²) in [5, 5.41) is 0. The van der Waals surface area contributed by atoms with E-state index in [4.69, 9.17) is 0 Å². The molecule has 0 aromatic carbocycles. The molecule has 0 spiro atoms. The van der Waals surface area contributed by atoms with Crippen molar-refractivity contribution in [3.05, 3.63) is 0 Å². The molecule has 0 unspecified atom stereocenters. The lowest BCUT2D eigenvalue weighted by Crippen LogP contribution is -1.75. The van der Waals surface area contributed by atoms with Crippen LogP contribution in [0.4, 0.5) is 0 Å². The molecule has 0 heterocycles. The Morgan fingerprint density at radius 2 is 1.70 bits per heavy atom. The molecule has 0 heteroatoms. The van der Waals surface area contributed by atoms with Gasteiger partial charge in [0.25, 0.3) is 0 Å². The minimum Gasteiger partial charge on any atom is -0.0683 e. The Morgan fingerprint density at radius 3 is 2.10 bits per heavy atom. The van der Waals surface area contributed by atoms with E-state index in [-0.39, 0.29) is 0 Å². The average Bonchev–Trinajstić information content (AvgIpc) is 2.77. The van der Waals surface area contributed by atoms with Gasteiger partial charge in [0.1, 0.15) is 0 Å². The molecule has 10 heavy (non-hydrogen) atoms. The molecule has 0 nitrogen and oxygen atoms in total. The SMILES string of the molecule is CC.CCCCCC1CC1. The van der Waals surface area contributed by atoms with Crippen molar-refractivity contribution in [3.63, 3.8) is 0 Å². The highest BCUT2D eigenvalue weighted by molar-refractivity contribution is 4.72. The van der Waals surface area contributed by atoms with Crippen LogP contribution in [0.2, 0.25) is 0 Å². The van der Waals surface area contributed by atoms with E-state index >= 15 is 0 Å². The Hall–Kier alpha value is 0. The molecule has 0 aromatic rings. The largest absolute Gasteiger partial charge is 0.0683 e. The van der Waals surface area contributed by atoms with Crippen LogP contribution in [0.1, 0.15) is 59.3 Å². The summed E-state index contributed by atoms with van der Waals surface area (Å²) in [6, 6.07) is 0. The van der Waals surface area contributed by atoms with Gasteiger partial charge in [-0.2, -0.15) is 0 Å². The molecular weight excluding hydrogens is 120 g/mol. The van der Waals surface area contributed by atoms with Gasteiger partial charge in [0, 0.05) is 0 Å². The molecular formula is C10H22. The zero-order valence-corrected chi connectivity index (χ0v) is 7.82. The smallest absolute Gasteiger partial charge is 0.0414 e. The van der Waals surface area contributed by atoms with Gasteiger partial charge < -0.3 is 0 Å². The van der Waals surface area contributed by atoms with Crippen molar-refractivity contribution < 1.29 is 0 Å². The van der Waals surface area contributed by atoms with E-state index < -0.39 is 0 Å². The van der Waals surface area contributed by atoms with Crippen molar-refractivity contribution in [1.82, 2.24) is 0 Å². The van der Waals surface area contributed by atoms with E-state index in [1.54, 1.807) is 0 Å². The molecule has 1 aliphatic rings. The van der Waals surface area contributed by atoms with Gasteiger partial charge in [-0.05, 0) is 5.92 Å². The lowest BCUT2D eigenvalue weighted by Gasteiger charge is -1.92. The third kappa shape index (κ3) is 6.12. The van der Waals surface area contributed by atoms with Crippen LogP contribution in [-0.2, 0) is 0 Å². The fourth-order valence-corrected chi connectivity index (χ4v) is 1.09. The third-order valence-corrected chi connectivity index (χ3v) is 1.91. The second-order valence-electron chi connectivity index (χ2n) is 2.94. The number of rotatable bonds is 4. The fourth-order valence-electron chi connectivity index (χ4n) is 1.09. The van der Waals surface area contributed by atoms with E-state index in [1.165, 1.54) is 38.5 Å². The van der Waals surface area contributed by atoms with Crippen LogP contribution in [0.5, 0.6) is 0 Å². The van der Waals surface area contributed by atoms with Gasteiger partial charge in [-0.3, -0.25) is 0 Å². The first-order valence-corrected chi connectivity index (χ1v) is 4.93. The maximum Gasteiger partial charge on any atom is -0.0414 e. The zero-order chi connectivity index (χ0) is 7.82. The fraction of sp³-hybridized carbons (Fsp3) is 1.00. The monoisotopic (exact) mass is 142 g/mol. The van der Waals surface area contributed by atoms with Gasteiger partial charge in [0.2, 0.25) is 0 Å². The molecule has 1 aliphatic carbocycles. The van der Waals surface area contributed by atoms with Crippen molar-refractivity contribution in [2.75, 3.05) is 0 Å². The quantitative estimate of drug-likeness (QED) is 0.520. The van der Waals surface area contributed by atoms with Crippen molar-refractivity contribution in [2.24, 2.45) is 5.92 Å². The van der Waals surface area contributed by atoms with Crippen molar-refractivity contribution in [2.45, 2.75) is 59.3 Å². The summed E-state index contributed by atoms with van der Waals surface area (Å²) in [4.78, 5) is 0. The Bertz CT molecular complexity index is 53.1.